The van der Waals surface area contributed by atoms with Gasteiger partial charge in [-0.1, -0.05) is 220 Å². The van der Waals surface area contributed by atoms with Crippen LogP contribution in [0.25, 0.3) is 0 Å². The second-order valence-corrected chi connectivity index (χ2v) is 16.3. The fourth-order valence-electron chi connectivity index (χ4n) is 6.95. The van der Waals surface area contributed by atoms with E-state index in [1.165, 1.54) is 154 Å². The first-order valence-electron chi connectivity index (χ1n) is 23.4. The van der Waals surface area contributed by atoms with Gasteiger partial charge in [-0.25, -0.2) is 0 Å². The molecule has 0 aliphatic heterocycles. The summed E-state index contributed by atoms with van der Waals surface area (Å²) < 4.78 is 16.7. The molecule has 0 saturated carbocycles. The summed E-state index contributed by atoms with van der Waals surface area (Å²) in [5.41, 5.74) is 0. The SMILES string of the molecule is CCCCCCCCCCCCCCCCC(=O)OC[C@H](COC(=O)CCCCCCCCCCC(C)CC)OC(=O)CCCCCCCCCCC. The zero-order chi connectivity index (χ0) is 38.9. The predicted molar refractivity (Wildman–Crippen MR) is 224 cm³/mol. The van der Waals surface area contributed by atoms with Crippen LogP contribution in [0.5, 0.6) is 0 Å². The van der Waals surface area contributed by atoms with Gasteiger partial charge in [0.25, 0.3) is 0 Å². The fraction of sp³-hybridized carbons (Fsp3) is 0.936. The average molecular weight is 751 g/mol. The number of carbonyl (C=O) groups is 3. The van der Waals surface area contributed by atoms with E-state index in [0.29, 0.717) is 19.3 Å². The summed E-state index contributed by atoms with van der Waals surface area (Å²) in [5, 5.41) is 0. The van der Waals surface area contributed by atoms with Crippen molar-refractivity contribution in [1.29, 1.82) is 0 Å². The second kappa shape index (κ2) is 41.6. The zero-order valence-electron chi connectivity index (χ0n) is 36.0. The van der Waals surface area contributed by atoms with E-state index in [-0.39, 0.29) is 31.1 Å². The third-order valence-corrected chi connectivity index (χ3v) is 10.9. The van der Waals surface area contributed by atoms with Gasteiger partial charge in [0.15, 0.2) is 6.10 Å². The molecule has 0 bridgehead atoms. The van der Waals surface area contributed by atoms with Gasteiger partial charge in [0, 0.05) is 19.3 Å². The highest BCUT2D eigenvalue weighted by molar-refractivity contribution is 5.71. The number of esters is 3. The summed E-state index contributed by atoms with van der Waals surface area (Å²) in [6.07, 6.45) is 40.8. The summed E-state index contributed by atoms with van der Waals surface area (Å²) in [7, 11) is 0. The first kappa shape index (κ1) is 51.4. The molecule has 0 radical (unpaired) electrons. The van der Waals surface area contributed by atoms with E-state index in [1.807, 2.05) is 0 Å². The summed E-state index contributed by atoms with van der Waals surface area (Å²) in [6.45, 7) is 8.99. The van der Waals surface area contributed by atoms with Crippen molar-refractivity contribution in [3.63, 3.8) is 0 Å². The second-order valence-electron chi connectivity index (χ2n) is 16.3. The van der Waals surface area contributed by atoms with Crippen molar-refractivity contribution in [3.05, 3.63) is 0 Å². The van der Waals surface area contributed by atoms with Crippen LogP contribution in [0.1, 0.15) is 259 Å². The van der Waals surface area contributed by atoms with Crippen molar-refractivity contribution in [2.24, 2.45) is 5.92 Å². The van der Waals surface area contributed by atoms with Crippen LogP contribution < -0.4 is 0 Å². The van der Waals surface area contributed by atoms with Crippen LogP contribution in [0.15, 0.2) is 0 Å². The van der Waals surface area contributed by atoms with Gasteiger partial charge in [-0.05, 0) is 25.2 Å². The summed E-state index contributed by atoms with van der Waals surface area (Å²) in [6, 6.07) is 0. The van der Waals surface area contributed by atoms with Crippen LogP contribution in [-0.4, -0.2) is 37.2 Å². The molecule has 0 amide bonds. The number of carbonyl (C=O) groups excluding carboxylic acids is 3. The maximum atomic E-state index is 12.7. The molecular weight excluding hydrogens is 661 g/mol. The molecule has 0 N–H and O–H groups in total. The van der Waals surface area contributed by atoms with Crippen molar-refractivity contribution >= 4 is 17.9 Å². The molecule has 53 heavy (non-hydrogen) atoms. The van der Waals surface area contributed by atoms with E-state index in [1.54, 1.807) is 0 Å². The van der Waals surface area contributed by atoms with E-state index >= 15 is 0 Å². The van der Waals surface area contributed by atoms with Crippen LogP contribution in [0.4, 0.5) is 0 Å². The van der Waals surface area contributed by atoms with Crippen molar-refractivity contribution in [3.8, 4) is 0 Å². The molecule has 6 heteroatoms. The Balaban J connectivity index is 4.29. The molecule has 1 unspecified atom stereocenters. The van der Waals surface area contributed by atoms with Gasteiger partial charge in [-0.3, -0.25) is 14.4 Å². The summed E-state index contributed by atoms with van der Waals surface area (Å²) >= 11 is 0. The minimum absolute atomic E-state index is 0.0639. The van der Waals surface area contributed by atoms with Crippen LogP contribution in [0.3, 0.4) is 0 Å². The highest BCUT2D eigenvalue weighted by Crippen LogP contribution is 2.17. The molecule has 0 rings (SSSR count). The van der Waals surface area contributed by atoms with Gasteiger partial charge >= 0.3 is 17.9 Å². The van der Waals surface area contributed by atoms with Gasteiger partial charge in [0.2, 0.25) is 0 Å². The number of hydrogen-bond acceptors (Lipinski definition) is 6. The van der Waals surface area contributed by atoms with Crippen molar-refractivity contribution in [2.45, 2.75) is 265 Å². The molecule has 0 aromatic heterocycles. The largest absolute Gasteiger partial charge is 0.462 e. The highest BCUT2D eigenvalue weighted by atomic mass is 16.6. The van der Waals surface area contributed by atoms with E-state index in [4.69, 9.17) is 14.2 Å². The monoisotopic (exact) mass is 751 g/mol. The van der Waals surface area contributed by atoms with Gasteiger partial charge in [0.1, 0.15) is 13.2 Å². The smallest absolute Gasteiger partial charge is 0.306 e. The standard InChI is InChI=1S/C47H90O6/c1-5-8-10-12-14-16-17-18-19-20-22-26-30-34-38-45(48)51-41-44(53-47(50)40-36-32-28-21-15-13-11-9-6-2)42-52-46(49)39-35-31-27-24-23-25-29-33-37-43(4)7-3/h43-44H,5-42H2,1-4H3/t43?,44-/m1/s1. The van der Waals surface area contributed by atoms with Crippen LogP contribution in [0, 0.1) is 5.92 Å². The van der Waals surface area contributed by atoms with Crippen molar-refractivity contribution < 1.29 is 28.6 Å². The lowest BCUT2D eigenvalue weighted by molar-refractivity contribution is -0.167. The quantitative estimate of drug-likeness (QED) is 0.0351. The molecule has 0 saturated heterocycles. The number of unbranched alkanes of at least 4 members (excludes halogenated alkanes) is 28. The van der Waals surface area contributed by atoms with Gasteiger partial charge < -0.3 is 14.2 Å². The maximum Gasteiger partial charge on any atom is 0.306 e. The third kappa shape index (κ3) is 39.9. The molecule has 0 aliphatic rings. The minimum atomic E-state index is -0.759. The Bertz CT molecular complexity index is 798. The Kier molecular flexibility index (Phi) is 40.3. The third-order valence-electron chi connectivity index (χ3n) is 10.9. The first-order chi connectivity index (χ1) is 25.9. The lowest BCUT2D eigenvalue weighted by atomic mass is 9.99. The Labute approximate surface area is 329 Å². The molecule has 0 aromatic carbocycles. The molecule has 6 nitrogen and oxygen atoms in total. The Morgan fingerprint density at radius 2 is 0.660 bits per heavy atom. The maximum absolute atomic E-state index is 12.7. The molecule has 314 valence electrons. The Morgan fingerprint density at radius 1 is 0.377 bits per heavy atom. The number of hydrogen-bond donors (Lipinski definition) is 0. The Hall–Kier alpha value is -1.59. The lowest BCUT2D eigenvalue weighted by Gasteiger charge is -2.18. The van der Waals surface area contributed by atoms with Gasteiger partial charge in [-0.2, -0.15) is 0 Å². The van der Waals surface area contributed by atoms with Crippen LogP contribution in [-0.2, 0) is 28.6 Å². The molecule has 0 aliphatic carbocycles. The number of ether oxygens (including phenoxy) is 3. The first-order valence-corrected chi connectivity index (χ1v) is 23.4. The molecule has 0 spiro atoms. The lowest BCUT2D eigenvalue weighted by Crippen LogP contribution is -2.30. The van der Waals surface area contributed by atoms with Crippen LogP contribution >= 0.6 is 0 Å². The molecule has 0 aromatic rings. The van der Waals surface area contributed by atoms with E-state index in [0.717, 1.165) is 63.7 Å². The summed E-state index contributed by atoms with van der Waals surface area (Å²) in [4.78, 5) is 37.7. The van der Waals surface area contributed by atoms with E-state index < -0.39 is 6.10 Å². The van der Waals surface area contributed by atoms with Gasteiger partial charge in [0.05, 0.1) is 0 Å². The topological polar surface area (TPSA) is 78.9 Å². The molecular formula is C47H90O6. The number of rotatable bonds is 42. The molecule has 0 heterocycles. The van der Waals surface area contributed by atoms with Crippen LogP contribution in [0.2, 0.25) is 0 Å². The van der Waals surface area contributed by atoms with E-state index in [2.05, 4.69) is 27.7 Å². The van der Waals surface area contributed by atoms with E-state index in [9.17, 15) is 14.4 Å². The van der Waals surface area contributed by atoms with Gasteiger partial charge in [-0.15, -0.1) is 0 Å². The average Bonchev–Trinajstić information content (AvgIpc) is 3.15. The highest BCUT2D eigenvalue weighted by Gasteiger charge is 2.19. The normalized spacial score (nSPS) is 12.5. The van der Waals surface area contributed by atoms with Crippen molar-refractivity contribution in [2.75, 3.05) is 13.2 Å². The predicted octanol–water partition coefficient (Wildman–Crippen LogP) is 14.7. The Morgan fingerprint density at radius 3 is 0.981 bits per heavy atom. The molecule has 0 fully saturated rings. The van der Waals surface area contributed by atoms with Crippen molar-refractivity contribution in [1.82, 2.24) is 0 Å². The summed E-state index contributed by atoms with van der Waals surface area (Å²) in [5.74, 6) is -0.00766. The minimum Gasteiger partial charge on any atom is -0.462 e. The zero-order valence-corrected chi connectivity index (χ0v) is 36.0. The fourth-order valence-corrected chi connectivity index (χ4v) is 6.95. The molecule has 2 atom stereocenters.